The van der Waals surface area contributed by atoms with Gasteiger partial charge in [0.15, 0.2) is 0 Å². The zero-order valence-corrected chi connectivity index (χ0v) is 11.8. The van der Waals surface area contributed by atoms with Gasteiger partial charge in [-0.25, -0.2) is 0 Å². The van der Waals surface area contributed by atoms with E-state index in [1.807, 2.05) is 12.3 Å². The van der Waals surface area contributed by atoms with Crippen molar-refractivity contribution in [3.63, 3.8) is 0 Å². The third-order valence-corrected chi connectivity index (χ3v) is 3.74. The van der Waals surface area contributed by atoms with Crippen LogP contribution in [-0.4, -0.2) is 33.5 Å². The minimum absolute atomic E-state index is 0.162. The molecule has 2 rings (SSSR count). The summed E-state index contributed by atoms with van der Waals surface area (Å²) < 4.78 is 0.965. The molecule has 1 unspecified atom stereocenters. The van der Waals surface area contributed by atoms with E-state index in [1.165, 1.54) is 0 Å². The van der Waals surface area contributed by atoms with Crippen molar-refractivity contribution in [3.05, 3.63) is 28.5 Å². The molecule has 4 nitrogen and oxygen atoms in total. The molecule has 5 heteroatoms. The first-order valence-electron chi connectivity index (χ1n) is 6.20. The van der Waals surface area contributed by atoms with E-state index in [2.05, 4.69) is 25.8 Å². The molecule has 1 fully saturated rings. The van der Waals surface area contributed by atoms with Crippen molar-refractivity contribution in [1.82, 2.24) is 9.88 Å². The van der Waals surface area contributed by atoms with Crippen molar-refractivity contribution < 1.29 is 9.90 Å². The molecule has 1 saturated heterocycles. The summed E-state index contributed by atoms with van der Waals surface area (Å²) in [6, 6.07) is 2.20. The Labute approximate surface area is 115 Å². The van der Waals surface area contributed by atoms with Crippen LogP contribution in [0.5, 0.6) is 0 Å². The zero-order valence-electron chi connectivity index (χ0n) is 10.2. The number of hydrogen-bond acceptors (Lipinski definition) is 3. The Morgan fingerprint density at radius 1 is 1.50 bits per heavy atom. The first-order valence-corrected chi connectivity index (χ1v) is 7.00. The van der Waals surface area contributed by atoms with E-state index in [0.717, 1.165) is 42.4 Å². The number of aliphatic carboxylic acids is 1. The Hall–Kier alpha value is -0.940. The monoisotopic (exact) mass is 312 g/mol. The smallest absolute Gasteiger partial charge is 0.304 e. The summed E-state index contributed by atoms with van der Waals surface area (Å²) >= 11 is 3.41. The van der Waals surface area contributed by atoms with Gasteiger partial charge in [-0.15, -0.1) is 0 Å². The molecule has 1 N–H and O–H groups in total. The normalized spacial score (nSPS) is 20.8. The van der Waals surface area contributed by atoms with Crippen LogP contribution >= 0.6 is 15.9 Å². The highest BCUT2D eigenvalue weighted by Crippen LogP contribution is 2.22. The van der Waals surface area contributed by atoms with Crippen LogP contribution in [0.1, 0.15) is 31.2 Å². The van der Waals surface area contributed by atoms with Crippen LogP contribution in [0.3, 0.4) is 0 Å². The predicted molar refractivity (Wildman–Crippen MR) is 72.2 cm³/mol. The second-order valence-corrected chi connectivity index (χ2v) is 5.65. The minimum Gasteiger partial charge on any atom is -0.481 e. The van der Waals surface area contributed by atoms with Crippen LogP contribution in [0.25, 0.3) is 0 Å². The molecule has 0 aromatic carbocycles. The number of piperidine rings is 1. The van der Waals surface area contributed by atoms with Crippen molar-refractivity contribution >= 4 is 21.9 Å². The first kappa shape index (κ1) is 13.5. The van der Waals surface area contributed by atoms with Crippen LogP contribution in [0.4, 0.5) is 0 Å². The Kier molecular flexibility index (Phi) is 4.72. The summed E-state index contributed by atoms with van der Waals surface area (Å²) in [6.45, 7) is 1.76. The summed E-state index contributed by atoms with van der Waals surface area (Å²) in [7, 11) is 0. The van der Waals surface area contributed by atoms with Gasteiger partial charge in [0.05, 0.1) is 6.42 Å². The summed E-state index contributed by atoms with van der Waals surface area (Å²) in [5.74, 6) is -0.709. The second-order valence-electron chi connectivity index (χ2n) is 4.73. The maximum atomic E-state index is 10.9. The molecular weight excluding hydrogens is 296 g/mol. The van der Waals surface area contributed by atoms with Crippen molar-refractivity contribution in [2.75, 3.05) is 6.54 Å². The van der Waals surface area contributed by atoms with E-state index in [4.69, 9.17) is 5.11 Å². The fraction of sp³-hybridized carbons (Fsp3) is 0.538. The maximum Gasteiger partial charge on any atom is 0.304 e. The Balaban J connectivity index is 2.03. The number of likely N-dealkylation sites (tertiary alicyclic amines) is 1. The maximum absolute atomic E-state index is 10.9. The van der Waals surface area contributed by atoms with E-state index in [0.29, 0.717) is 0 Å². The van der Waals surface area contributed by atoms with Crippen LogP contribution in [0.15, 0.2) is 22.9 Å². The molecule has 2 heterocycles. The van der Waals surface area contributed by atoms with Crippen molar-refractivity contribution in [1.29, 1.82) is 0 Å². The van der Waals surface area contributed by atoms with Gasteiger partial charge in [0.2, 0.25) is 0 Å². The summed E-state index contributed by atoms with van der Waals surface area (Å²) in [5, 5.41) is 8.95. The lowest BCUT2D eigenvalue weighted by Gasteiger charge is -2.34. The third-order valence-electron chi connectivity index (χ3n) is 3.31. The molecule has 0 bridgehead atoms. The fourth-order valence-corrected chi connectivity index (χ4v) is 2.89. The van der Waals surface area contributed by atoms with Crippen LogP contribution < -0.4 is 0 Å². The Bertz CT molecular complexity index is 425. The van der Waals surface area contributed by atoms with Crippen molar-refractivity contribution in [3.8, 4) is 0 Å². The third kappa shape index (κ3) is 3.78. The van der Waals surface area contributed by atoms with Crippen molar-refractivity contribution in [2.24, 2.45) is 0 Å². The SMILES string of the molecule is O=C(O)CC1CCCCN1Cc1cncc(Br)c1. The van der Waals surface area contributed by atoms with Gasteiger partial charge in [0, 0.05) is 29.5 Å². The van der Waals surface area contributed by atoms with Crippen LogP contribution in [0.2, 0.25) is 0 Å². The van der Waals surface area contributed by atoms with Gasteiger partial charge < -0.3 is 5.11 Å². The highest BCUT2D eigenvalue weighted by molar-refractivity contribution is 9.10. The highest BCUT2D eigenvalue weighted by Gasteiger charge is 2.24. The van der Waals surface area contributed by atoms with Gasteiger partial charge in [-0.3, -0.25) is 14.7 Å². The number of aromatic nitrogens is 1. The highest BCUT2D eigenvalue weighted by atomic mass is 79.9. The standard InChI is InChI=1S/C13H17BrN2O2/c14-11-5-10(7-15-8-11)9-16-4-2-1-3-12(16)6-13(17)18/h5,7-8,12H,1-4,6,9H2,(H,17,18). The number of pyridine rings is 1. The predicted octanol–water partition coefficient (Wildman–Crippen LogP) is 2.67. The molecule has 0 saturated carbocycles. The Morgan fingerprint density at radius 2 is 2.33 bits per heavy atom. The fourth-order valence-electron chi connectivity index (χ4n) is 2.48. The Morgan fingerprint density at radius 3 is 3.06 bits per heavy atom. The molecule has 1 atom stereocenters. The second kappa shape index (κ2) is 6.29. The largest absolute Gasteiger partial charge is 0.481 e. The van der Waals surface area contributed by atoms with Crippen LogP contribution in [-0.2, 0) is 11.3 Å². The number of carboxylic acid groups (broad SMARTS) is 1. The quantitative estimate of drug-likeness (QED) is 0.928. The molecule has 1 aromatic heterocycles. The topological polar surface area (TPSA) is 53.4 Å². The van der Waals surface area contributed by atoms with E-state index < -0.39 is 5.97 Å². The lowest BCUT2D eigenvalue weighted by atomic mass is 9.99. The lowest BCUT2D eigenvalue weighted by Crippen LogP contribution is -2.40. The number of halogens is 1. The van der Waals surface area contributed by atoms with E-state index in [9.17, 15) is 4.79 Å². The van der Waals surface area contributed by atoms with E-state index >= 15 is 0 Å². The van der Waals surface area contributed by atoms with Gasteiger partial charge in [0.1, 0.15) is 0 Å². The number of carboxylic acids is 1. The van der Waals surface area contributed by atoms with Gasteiger partial charge in [-0.1, -0.05) is 6.42 Å². The van der Waals surface area contributed by atoms with E-state index in [-0.39, 0.29) is 12.5 Å². The number of nitrogens with zero attached hydrogens (tertiary/aromatic N) is 2. The van der Waals surface area contributed by atoms with Gasteiger partial charge in [-0.05, 0) is 46.9 Å². The lowest BCUT2D eigenvalue weighted by molar-refractivity contribution is -0.138. The summed E-state index contributed by atoms with van der Waals surface area (Å²) in [4.78, 5) is 17.3. The van der Waals surface area contributed by atoms with Gasteiger partial charge in [0.25, 0.3) is 0 Å². The molecular formula is C13H17BrN2O2. The molecule has 0 spiro atoms. The zero-order chi connectivity index (χ0) is 13.0. The molecule has 18 heavy (non-hydrogen) atoms. The molecule has 1 aliphatic heterocycles. The number of hydrogen-bond donors (Lipinski definition) is 1. The van der Waals surface area contributed by atoms with Crippen molar-refractivity contribution in [2.45, 2.75) is 38.3 Å². The van der Waals surface area contributed by atoms with Gasteiger partial charge in [-0.2, -0.15) is 0 Å². The summed E-state index contributed by atoms with van der Waals surface area (Å²) in [5.41, 5.74) is 1.13. The summed E-state index contributed by atoms with van der Waals surface area (Å²) in [6.07, 6.45) is 7.10. The molecule has 0 aliphatic carbocycles. The molecule has 1 aliphatic rings. The average Bonchev–Trinajstić information content (AvgIpc) is 2.31. The van der Waals surface area contributed by atoms with E-state index in [1.54, 1.807) is 6.20 Å². The molecule has 1 aromatic rings. The first-order chi connectivity index (χ1) is 8.65. The minimum atomic E-state index is -0.709. The number of carbonyl (C=O) groups is 1. The number of rotatable bonds is 4. The van der Waals surface area contributed by atoms with Crippen LogP contribution in [0, 0.1) is 0 Å². The molecule has 0 amide bonds. The van der Waals surface area contributed by atoms with Gasteiger partial charge >= 0.3 is 5.97 Å². The average molecular weight is 313 g/mol. The molecule has 98 valence electrons. The molecule has 0 radical (unpaired) electrons.